The molecule has 0 saturated carbocycles. The van der Waals surface area contributed by atoms with Gasteiger partial charge in [-0.2, -0.15) is 0 Å². The van der Waals surface area contributed by atoms with Crippen molar-refractivity contribution in [3.05, 3.63) is 213 Å². The van der Waals surface area contributed by atoms with E-state index in [1.165, 1.54) is 21.3 Å². The summed E-state index contributed by atoms with van der Waals surface area (Å²) in [6.07, 6.45) is 17.3. The summed E-state index contributed by atoms with van der Waals surface area (Å²) in [4.78, 5) is 82.9. The zero-order valence-electron chi connectivity index (χ0n) is 38.9. The van der Waals surface area contributed by atoms with Gasteiger partial charge in [0.25, 0.3) is 5.91 Å². The lowest BCUT2D eigenvalue weighted by Gasteiger charge is -2.13. The van der Waals surface area contributed by atoms with Gasteiger partial charge in [-0.1, -0.05) is 55.0 Å². The van der Waals surface area contributed by atoms with Crippen LogP contribution >= 0.6 is 0 Å². The van der Waals surface area contributed by atoms with E-state index in [1.807, 2.05) is 97.1 Å². The predicted molar refractivity (Wildman–Crippen MR) is 272 cm³/mol. The van der Waals surface area contributed by atoms with E-state index >= 15 is 0 Å². The smallest absolute Gasteiger partial charge is 0.337 e. The SMILES string of the molecule is COC(=O)c1ccc(C2=C3C=CC(=N3)C(c3ccc(C(=O)OC)cc3)=C3C=CC(=N3)C(c3ccc(C(=O)OC)cc3)=C3C=CC(=N3)C(c3ccc(C(=O)NCCCCCC(=O)O)cc3)=C3C=CC2=N3)cc1. The summed E-state index contributed by atoms with van der Waals surface area (Å²) in [6, 6.07) is 28.3. The van der Waals surface area contributed by atoms with E-state index in [-0.39, 0.29) is 12.3 Å². The van der Waals surface area contributed by atoms with Crippen LogP contribution in [-0.4, -0.2) is 85.6 Å². The summed E-state index contributed by atoms with van der Waals surface area (Å²) in [7, 11) is 4.00. The molecule has 352 valence electrons. The van der Waals surface area contributed by atoms with Crippen LogP contribution in [0.5, 0.6) is 0 Å². The maximum atomic E-state index is 13.3. The number of unbranched alkanes of at least 4 members (excludes halogenated alkanes) is 2. The first-order valence-corrected chi connectivity index (χ1v) is 22.8. The third-order valence-corrected chi connectivity index (χ3v) is 12.2. The maximum Gasteiger partial charge on any atom is 0.337 e. The van der Waals surface area contributed by atoms with Crippen LogP contribution in [0.4, 0.5) is 0 Å². The molecule has 9 rings (SSSR count). The van der Waals surface area contributed by atoms with E-state index in [0.29, 0.717) is 116 Å². The van der Waals surface area contributed by atoms with E-state index in [1.54, 1.807) is 48.5 Å². The van der Waals surface area contributed by atoms with Crippen LogP contribution in [0.15, 0.2) is 188 Å². The largest absolute Gasteiger partial charge is 0.481 e. The topological polar surface area (TPSA) is 195 Å². The standard InChI is InChI=1S/C57H45N5O9/c1-69-55(66)38-18-10-34(11-19-38)51-43-26-24-41(59-43)50(33-8-16-37(17-9-33)54(65)58-32-6-4-5-7-49(63)64)42-25-27-44(60-42)52(35-12-20-39(21-13-35)56(67)70-2)46-29-31-48(62-46)53(47-30-28-45(51)61-47)36-14-22-40(23-15-36)57(68)71-3/h8-31H,4-7,32H2,1-3H3,(H,58,65)(H,63,64). The molecule has 0 fully saturated rings. The van der Waals surface area contributed by atoms with Crippen molar-refractivity contribution in [2.24, 2.45) is 20.0 Å². The molecule has 0 aliphatic carbocycles. The van der Waals surface area contributed by atoms with Gasteiger partial charge in [0.2, 0.25) is 0 Å². The van der Waals surface area contributed by atoms with Crippen LogP contribution in [0, 0.1) is 0 Å². The third kappa shape index (κ3) is 9.90. The Morgan fingerprint density at radius 1 is 0.408 bits per heavy atom. The Hall–Kier alpha value is -9.17. The summed E-state index contributed by atoms with van der Waals surface area (Å²) < 4.78 is 15.0. The Morgan fingerprint density at radius 2 is 0.704 bits per heavy atom. The second-order valence-corrected chi connectivity index (χ2v) is 16.6. The number of carbonyl (C=O) groups excluding carboxylic acids is 4. The molecule has 5 heterocycles. The number of rotatable bonds is 14. The number of aliphatic carboxylic acids is 1. The highest BCUT2D eigenvalue weighted by atomic mass is 16.5. The lowest BCUT2D eigenvalue weighted by molar-refractivity contribution is -0.137. The van der Waals surface area contributed by atoms with Gasteiger partial charge in [0, 0.05) is 40.8 Å². The molecule has 0 saturated heterocycles. The van der Waals surface area contributed by atoms with Crippen LogP contribution in [0.25, 0.3) is 22.3 Å². The summed E-state index contributed by atoms with van der Waals surface area (Å²) in [5.74, 6) is -2.52. The van der Waals surface area contributed by atoms with Crippen molar-refractivity contribution in [2.45, 2.75) is 25.7 Å². The van der Waals surface area contributed by atoms with E-state index in [2.05, 4.69) is 5.32 Å². The monoisotopic (exact) mass is 943 g/mol. The molecule has 14 heteroatoms. The van der Waals surface area contributed by atoms with E-state index < -0.39 is 23.9 Å². The first-order valence-electron chi connectivity index (χ1n) is 22.8. The number of carboxylic acids is 1. The second kappa shape index (κ2) is 20.6. The van der Waals surface area contributed by atoms with Crippen LogP contribution < -0.4 is 5.32 Å². The van der Waals surface area contributed by atoms with Crippen molar-refractivity contribution in [1.82, 2.24) is 5.32 Å². The number of nitrogens with one attached hydrogen (secondary N) is 1. The predicted octanol–water partition coefficient (Wildman–Crippen LogP) is 9.42. The quantitative estimate of drug-likeness (QED) is 0.0703. The lowest BCUT2D eigenvalue weighted by atomic mass is 9.97. The van der Waals surface area contributed by atoms with Gasteiger partial charge < -0.3 is 24.6 Å². The van der Waals surface area contributed by atoms with Crippen molar-refractivity contribution < 1.29 is 43.3 Å². The number of nitrogens with zero attached hydrogens (tertiary/aromatic N) is 4. The molecular formula is C57H45N5O9. The van der Waals surface area contributed by atoms with Gasteiger partial charge in [0.15, 0.2) is 0 Å². The number of hydrogen-bond acceptors (Lipinski definition) is 12. The molecule has 5 aliphatic rings. The number of amides is 1. The lowest BCUT2D eigenvalue weighted by Crippen LogP contribution is -2.24. The Labute approximate surface area is 408 Å². The highest BCUT2D eigenvalue weighted by molar-refractivity contribution is 6.39. The van der Waals surface area contributed by atoms with Crippen molar-refractivity contribution in [3.8, 4) is 0 Å². The number of fused-ring (bicyclic) bond motifs is 4. The number of methoxy groups -OCH3 is 3. The molecule has 8 bridgehead atoms. The number of carboxylic acid groups (broad SMARTS) is 1. The van der Waals surface area contributed by atoms with Crippen LogP contribution in [0.2, 0.25) is 0 Å². The maximum absolute atomic E-state index is 13.3. The molecule has 0 unspecified atom stereocenters. The first kappa shape index (κ1) is 46.9. The molecule has 0 atom stereocenters. The molecule has 0 radical (unpaired) electrons. The second-order valence-electron chi connectivity index (χ2n) is 16.6. The van der Waals surface area contributed by atoms with Crippen molar-refractivity contribution in [1.29, 1.82) is 0 Å². The Balaban J connectivity index is 1.23. The van der Waals surface area contributed by atoms with E-state index in [4.69, 9.17) is 39.3 Å². The minimum Gasteiger partial charge on any atom is -0.481 e. The summed E-state index contributed by atoms with van der Waals surface area (Å²) in [5.41, 5.74) is 11.9. The number of allylic oxidation sites excluding steroid dienone is 12. The van der Waals surface area contributed by atoms with Crippen LogP contribution in [0.3, 0.4) is 0 Å². The zero-order valence-corrected chi connectivity index (χ0v) is 38.9. The number of aliphatic imine (C=N–C) groups is 4. The Kier molecular flexibility index (Phi) is 13.6. The Morgan fingerprint density at radius 3 is 0.986 bits per heavy atom. The average Bonchev–Trinajstić information content (AvgIpc) is 4.26. The molecule has 14 nitrogen and oxygen atoms in total. The normalized spacial score (nSPS) is 15.5. The highest BCUT2D eigenvalue weighted by Gasteiger charge is 2.28. The molecule has 1 amide bonds. The fourth-order valence-electron chi connectivity index (χ4n) is 8.61. The molecule has 4 aromatic carbocycles. The van der Waals surface area contributed by atoms with Gasteiger partial charge in [-0.05, 0) is 132 Å². The van der Waals surface area contributed by atoms with Gasteiger partial charge in [0.1, 0.15) is 0 Å². The fraction of sp³-hybridized carbons (Fsp3) is 0.140. The third-order valence-electron chi connectivity index (χ3n) is 12.2. The van der Waals surface area contributed by atoms with Gasteiger partial charge >= 0.3 is 23.9 Å². The first-order chi connectivity index (χ1) is 34.5. The van der Waals surface area contributed by atoms with Crippen LogP contribution in [0.1, 0.15) is 89.4 Å². The molecule has 0 aromatic heterocycles. The molecule has 5 aliphatic heterocycles. The molecule has 71 heavy (non-hydrogen) atoms. The number of hydrogen-bond donors (Lipinski definition) is 2. The molecule has 2 N–H and O–H groups in total. The fourth-order valence-corrected chi connectivity index (χ4v) is 8.61. The Bertz CT molecular complexity index is 3240. The minimum absolute atomic E-state index is 0.0914. The number of benzene rings is 4. The van der Waals surface area contributed by atoms with Gasteiger partial charge in [-0.3, -0.25) is 9.59 Å². The van der Waals surface area contributed by atoms with E-state index in [0.717, 1.165) is 22.3 Å². The van der Waals surface area contributed by atoms with Crippen molar-refractivity contribution in [3.63, 3.8) is 0 Å². The molecule has 4 aromatic rings. The zero-order chi connectivity index (χ0) is 49.6. The average molecular weight is 944 g/mol. The summed E-state index contributed by atoms with van der Waals surface area (Å²) in [6.45, 7) is 0.412. The summed E-state index contributed by atoms with van der Waals surface area (Å²) in [5, 5.41) is 11.9. The van der Waals surface area contributed by atoms with Crippen molar-refractivity contribution in [2.75, 3.05) is 27.9 Å². The van der Waals surface area contributed by atoms with Gasteiger partial charge in [-0.25, -0.2) is 34.4 Å². The minimum atomic E-state index is -0.839. The molecule has 0 spiro atoms. The summed E-state index contributed by atoms with van der Waals surface area (Å²) >= 11 is 0. The highest BCUT2D eigenvalue weighted by Crippen LogP contribution is 2.39. The molecular weight excluding hydrogens is 899 g/mol. The number of ether oxygens (including phenoxy) is 3. The number of esters is 3. The van der Waals surface area contributed by atoms with E-state index in [9.17, 15) is 24.0 Å². The van der Waals surface area contributed by atoms with Gasteiger partial charge in [-0.15, -0.1) is 0 Å². The van der Waals surface area contributed by atoms with Gasteiger partial charge in [0.05, 0.1) is 83.7 Å². The van der Waals surface area contributed by atoms with Crippen LogP contribution in [-0.2, 0) is 19.0 Å². The van der Waals surface area contributed by atoms with Crippen molar-refractivity contribution >= 4 is 74.9 Å². The number of carbonyl (C=O) groups is 5.